The third kappa shape index (κ3) is 2.74. The maximum Gasteiger partial charge on any atom is 0.0946 e. The zero-order valence-corrected chi connectivity index (χ0v) is 20.4. The normalized spacial score (nSPS) is 42.6. The first kappa shape index (κ1) is 21.3. The van der Waals surface area contributed by atoms with E-state index in [0.29, 0.717) is 11.8 Å². The molecule has 1 aromatic carbocycles. The Kier molecular flexibility index (Phi) is 4.54. The van der Waals surface area contributed by atoms with Crippen molar-refractivity contribution in [1.82, 2.24) is 10.3 Å². The molecule has 1 saturated heterocycles. The second-order valence-electron chi connectivity index (χ2n) is 12.0. The van der Waals surface area contributed by atoms with Gasteiger partial charge < -0.3 is 15.2 Å². The van der Waals surface area contributed by atoms with Crippen LogP contribution >= 0.6 is 0 Å². The predicted octanol–water partition coefficient (Wildman–Crippen LogP) is 5.28. The number of hydrogen-bond donors (Lipinski definition) is 2. The summed E-state index contributed by atoms with van der Waals surface area (Å²) in [5.41, 5.74) is 4.19. The van der Waals surface area contributed by atoms with Gasteiger partial charge >= 0.3 is 0 Å². The van der Waals surface area contributed by atoms with Gasteiger partial charge in [0.05, 0.1) is 17.3 Å². The van der Waals surface area contributed by atoms with E-state index in [0.717, 1.165) is 32.2 Å². The van der Waals surface area contributed by atoms with Gasteiger partial charge in [-0.25, -0.2) is 0 Å². The van der Waals surface area contributed by atoms with E-state index in [1.807, 2.05) is 19.4 Å². The summed E-state index contributed by atoms with van der Waals surface area (Å²) in [6.45, 7) is 3.39. The minimum Gasteiger partial charge on any atom is -0.389 e. The van der Waals surface area contributed by atoms with Gasteiger partial charge in [0.2, 0.25) is 0 Å². The third-order valence-electron chi connectivity index (χ3n) is 10.5. The van der Waals surface area contributed by atoms with Crippen LogP contribution in [0, 0.1) is 17.3 Å². The molecule has 2 bridgehead atoms. The Morgan fingerprint density at radius 3 is 2.94 bits per heavy atom. The molecule has 2 N–H and O–H groups in total. The topological polar surface area (TPSA) is 54.4 Å². The molecule has 5 aliphatic rings. The van der Waals surface area contributed by atoms with Crippen molar-refractivity contribution in [3.8, 4) is 0 Å². The monoisotopic (exact) mass is 456 g/mol. The van der Waals surface area contributed by atoms with E-state index in [1.54, 1.807) is 0 Å². The summed E-state index contributed by atoms with van der Waals surface area (Å²) in [7, 11) is 1.98. The van der Waals surface area contributed by atoms with Crippen LogP contribution in [0.2, 0.25) is 0 Å². The van der Waals surface area contributed by atoms with E-state index >= 15 is 0 Å². The molecule has 7 rings (SSSR count). The van der Waals surface area contributed by atoms with Crippen molar-refractivity contribution in [2.24, 2.45) is 17.3 Å². The van der Waals surface area contributed by atoms with Crippen LogP contribution in [-0.4, -0.2) is 41.0 Å². The highest BCUT2D eigenvalue weighted by Crippen LogP contribution is 2.70. The molecule has 2 spiro atoms. The lowest BCUT2D eigenvalue weighted by atomic mass is 9.56. The molecule has 2 saturated carbocycles. The lowest BCUT2D eigenvalue weighted by Gasteiger charge is -2.55. The van der Waals surface area contributed by atoms with Gasteiger partial charge in [-0.05, 0) is 110 Å². The van der Waals surface area contributed by atoms with E-state index in [1.165, 1.54) is 46.7 Å². The lowest BCUT2D eigenvalue weighted by Crippen LogP contribution is -2.55. The summed E-state index contributed by atoms with van der Waals surface area (Å²) in [5, 5.41) is 16.6. The van der Waals surface area contributed by atoms with Crippen molar-refractivity contribution < 1.29 is 9.84 Å². The van der Waals surface area contributed by atoms with Crippen molar-refractivity contribution >= 4 is 10.8 Å². The van der Waals surface area contributed by atoms with Gasteiger partial charge in [-0.15, -0.1) is 0 Å². The minimum atomic E-state index is -0.381. The molecule has 178 valence electrons. The molecular formula is C30H36N2O2. The van der Waals surface area contributed by atoms with E-state index in [9.17, 15) is 5.11 Å². The number of aliphatic hydroxyl groups is 1. The van der Waals surface area contributed by atoms with Crippen molar-refractivity contribution in [2.45, 2.75) is 75.1 Å². The van der Waals surface area contributed by atoms with E-state index in [2.05, 4.69) is 53.6 Å². The number of hydrogen-bond acceptors (Lipinski definition) is 4. The van der Waals surface area contributed by atoms with Crippen molar-refractivity contribution in [2.75, 3.05) is 13.6 Å². The molecule has 2 aromatic rings. The van der Waals surface area contributed by atoms with E-state index < -0.39 is 0 Å². The molecule has 0 amide bonds. The first-order valence-corrected chi connectivity index (χ1v) is 13.3. The fourth-order valence-corrected chi connectivity index (χ4v) is 8.86. The average molecular weight is 457 g/mol. The Hall–Kier alpha value is -2.01. The largest absolute Gasteiger partial charge is 0.389 e. The molecule has 1 aromatic heterocycles. The molecule has 7 atom stereocenters. The smallest absolute Gasteiger partial charge is 0.0946 e. The van der Waals surface area contributed by atoms with E-state index in [-0.39, 0.29) is 28.6 Å². The molecule has 4 nitrogen and oxygen atoms in total. The Bertz CT molecular complexity index is 1220. The standard InChI is InChI=1S/C30H36N2O2/c1-28-9-7-23-14-24-15-26(33)22(17-31-2)16-29(24)10-11-30(23,34-29)27(28)6-5-25(28)20-4-3-19-8-12-32-18-21(19)13-20/h3-4,8,12-15,18,22,25-27,31,33H,5-7,9-11,16-17H2,1-2H3/t22-,25-,26+,27-,28-,29-,30-/m1/s1. The van der Waals surface area contributed by atoms with Crippen LogP contribution in [0.25, 0.3) is 10.8 Å². The van der Waals surface area contributed by atoms with Gasteiger partial charge in [0, 0.05) is 30.2 Å². The number of nitrogens with zero attached hydrogens (tertiary/aromatic N) is 1. The second kappa shape index (κ2) is 7.25. The first-order valence-electron chi connectivity index (χ1n) is 13.3. The van der Waals surface area contributed by atoms with Gasteiger partial charge in [0.25, 0.3) is 0 Å². The zero-order chi connectivity index (χ0) is 23.1. The van der Waals surface area contributed by atoms with Crippen LogP contribution in [0.1, 0.15) is 63.4 Å². The maximum atomic E-state index is 10.8. The Morgan fingerprint density at radius 2 is 2.06 bits per heavy atom. The summed E-state index contributed by atoms with van der Waals surface area (Å²) in [6, 6.07) is 9.15. The van der Waals surface area contributed by atoms with Crippen LogP contribution in [0.5, 0.6) is 0 Å². The molecule has 34 heavy (non-hydrogen) atoms. The van der Waals surface area contributed by atoms with Crippen LogP contribution in [0.15, 0.2) is 60.0 Å². The molecule has 4 heteroatoms. The maximum absolute atomic E-state index is 10.8. The predicted molar refractivity (Wildman–Crippen MR) is 135 cm³/mol. The number of pyridine rings is 1. The van der Waals surface area contributed by atoms with Gasteiger partial charge in [0.15, 0.2) is 0 Å². The number of ether oxygens (including phenoxy) is 1. The van der Waals surface area contributed by atoms with Crippen molar-refractivity contribution in [3.63, 3.8) is 0 Å². The number of benzene rings is 1. The molecule has 3 aliphatic carbocycles. The van der Waals surface area contributed by atoms with Crippen LogP contribution in [0.4, 0.5) is 0 Å². The van der Waals surface area contributed by atoms with Crippen molar-refractivity contribution in [3.05, 3.63) is 65.5 Å². The number of aromatic nitrogens is 1. The zero-order valence-electron chi connectivity index (χ0n) is 20.4. The summed E-state index contributed by atoms with van der Waals surface area (Å²) >= 11 is 0. The molecule has 0 unspecified atom stereocenters. The van der Waals surface area contributed by atoms with Crippen LogP contribution in [-0.2, 0) is 4.74 Å². The summed E-state index contributed by atoms with van der Waals surface area (Å²) in [4.78, 5) is 4.37. The summed E-state index contributed by atoms with van der Waals surface area (Å²) in [6.07, 6.45) is 16.0. The molecule has 3 fully saturated rings. The number of fused-ring (bicyclic) bond motifs is 2. The number of aliphatic hydroxyl groups excluding tert-OH is 1. The van der Waals surface area contributed by atoms with Gasteiger partial charge in [0.1, 0.15) is 0 Å². The number of nitrogens with one attached hydrogen (secondary N) is 1. The SMILES string of the molecule is CNC[C@H]1C[C@@]23CC[C@@]4(O2)C(=CC3=C[C@@H]1O)CC[C@]1(C)[C@@H](c2ccc3ccncc3c2)CC[C@H]14. The fraction of sp³-hybridized carbons (Fsp3) is 0.567. The van der Waals surface area contributed by atoms with Gasteiger partial charge in [-0.3, -0.25) is 4.98 Å². The van der Waals surface area contributed by atoms with Gasteiger partial charge in [-0.1, -0.05) is 25.1 Å². The molecular weight excluding hydrogens is 420 g/mol. The quantitative estimate of drug-likeness (QED) is 0.660. The highest BCUT2D eigenvalue weighted by Gasteiger charge is 2.67. The number of rotatable bonds is 3. The first-order chi connectivity index (χ1) is 16.5. The fourth-order valence-electron chi connectivity index (χ4n) is 8.86. The third-order valence-corrected chi connectivity index (χ3v) is 10.5. The highest BCUT2D eigenvalue weighted by atomic mass is 16.5. The Morgan fingerprint density at radius 1 is 1.15 bits per heavy atom. The highest BCUT2D eigenvalue weighted by molar-refractivity contribution is 5.82. The van der Waals surface area contributed by atoms with Crippen molar-refractivity contribution in [1.29, 1.82) is 0 Å². The van der Waals surface area contributed by atoms with Gasteiger partial charge in [-0.2, -0.15) is 0 Å². The van der Waals surface area contributed by atoms with Crippen LogP contribution in [0.3, 0.4) is 0 Å². The second-order valence-corrected chi connectivity index (χ2v) is 12.0. The molecule has 0 radical (unpaired) electrons. The summed E-state index contributed by atoms with van der Waals surface area (Å²) in [5.74, 6) is 1.35. The molecule has 3 heterocycles. The average Bonchev–Trinajstić information content (AvgIpc) is 3.36. The van der Waals surface area contributed by atoms with Crippen LogP contribution < -0.4 is 5.32 Å². The Balaban J connectivity index is 1.26. The minimum absolute atomic E-state index is 0.107. The Labute approximate surface area is 202 Å². The van der Waals surface area contributed by atoms with E-state index in [4.69, 9.17) is 4.74 Å². The summed E-state index contributed by atoms with van der Waals surface area (Å²) < 4.78 is 7.35. The molecule has 2 aliphatic heterocycles. The lowest BCUT2D eigenvalue weighted by molar-refractivity contribution is -0.148.